The number of nitrogens with zero attached hydrogens (tertiary/aromatic N) is 1. The third kappa shape index (κ3) is 5.86. The summed E-state index contributed by atoms with van der Waals surface area (Å²) < 4.78 is 32.1. The average molecular weight is 516 g/mol. The predicted octanol–water partition coefficient (Wildman–Crippen LogP) is 2.30. The fourth-order valence-electron chi connectivity index (χ4n) is 2.70. The van der Waals surface area contributed by atoms with Gasteiger partial charge < -0.3 is 15.0 Å². The molecular weight excluding hydrogens is 493 g/mol. The fourth-order valence-corrected chi connectivity index (χ4v) is 4.23. The first-order chi connectivity index (χ1) is 12.3. The lowest BCUT2D eigenvalue weighted by Gasteiger charge is -2.32. The quantitative estimate of drug-likeness (QED) is 0.544. The van der Waals surface area contributed by atoms with Crippen LogP contribution in [0.15, 0.2) is 12.1 Å². The van der Waals surface area contributed by atoms with E-state index in [1.165, 1.54) is 0 Å². The minimum atomic E-state index is -3.21. The smallest absolute Gasteiger partial charge is 0.241 e. The van der Waals surface area contributed by atoms with Crippen molar-refractivity contribution in [3.63, 3.8) is 0 Å². The summed E-state index contributed by atoms with van der Waals surface area (Å²) in [7, 11) is -1.66. The van der Waals surface area contributed by atoms with E-state index >= 15 is 0 Å². The van der Waals surface area contributed by atoms with Crippen LogP contribution in [0.2, 0.25) is 5.02 Å². The van der Waals surface area contributed by atoms with Gasteiger partial charge in [-0.15, -0.1) is 0 Å². The van der Waals surface area contributed by atoms with E-state index in [1.54, 1.807) is 25.0 Å². The summed E-state index contributed by atoms with van der Waals surface area (Å²) in [5.74, 6) is 0.613. The van der Waals surface area contributed by atoms with Gasteiger partial charge in [-0.2, -0.15) is 0 Å². The topological polar surface area (TPSA) is 87.7 Å². The molecule has 146 valence electrons. The van der Waals surface area contributed by atoms with Gasteiger partial charge in [-0.3, -0.25) is 4.79 Å². The Morgan fingerprint density at radius 3 is 2.62 bits per heavy atom. The van der Waals surface area contributed by atoms with E-state index in [9.17, 15) is 13.2 Å². The van der Waals surface area contributed by atoms with Crippen LogP contribution in [-0.4, -0.2) is 57.8 Å². The number of amides is 1. The van der Waals surface area contributed by atoms with Crippen LogP contribution in [0.3, 0.4) is 0 Å². The van der Waals surface area contributed by atoms with E-state index in [4.69, 9.17) is 16.3 Å². The standard InChI is InChI=1S/C16H23ClIN3O4S/c1-3-26(23,24)20-11-4-6-21(7-5-11)16(22)10-19-14-9-13(18)12(17)8-15(14)25-2/h8-9,11,19-20H,3-7,10H2,1-2H3. The van der Waals surface area contributed by atoms with E-state index in [-0.39, 0.29) is 24.2 Å². The minimum absolute atomic E-state index is 0.0335. The molecule has 0 saturated carbocycles. The van der Waals surface area contributed by atoms with E-state index in [0.717, 1.165) is 3.57 Å². The largest absolute Gasteiger partial charge is 0.495 e. The molecule has 0 spiro atoms. The Kier molecular flexibility index (Phi) is 7.80. The molecule has 1 aromatic rings. The van der Waals surface area contributed by atoms with E-state index in [1.807, 2.05) is 6.07 Å². The van der Waals surface area contributed by atoms with Gasteiger partial charge in [0.1, 0.15) is 5.75 Å². The third-order valence-corrected chi connectivity index (χ3v) is 7.22. The second-order valence-electron chi connectivity index (χ2n) is 6.00. The van der Waals surface area contributed by atoms with Gasteiger partial charge in [0.05, 0.1) is 30.1 Å². The van der Waals surface area contributed by atoms with Crippen LogP contribution >= 0.6 is 34.2 Å². The van der Waals surface area contributed by atoms with E-state index in [0.29, 0.717) is 42.4 Å². The number of rotatable bonds is 7. The zero-order valence-corrected chi connectivity index (χ0v) is 18.4. The molecule has 2 N–H and O–H groups in total. The van der Waals surface area contributed by atoms with Gasteiger partial charge in [-0.05, 0) is 48.4 Å². The maximum atomic E-state index is 12.4. The number of piperidine rings is 1. The Labute approximate surface area is 173 Å². The fraction of sp³-hybridized carbons (Fsp3) is 0.562. The van der Waals surface area contributed by atoms with Crippen LogP contribution in [0.5, 0.6) is 5.75 Å². The number of methoxy groups -OCH3 is 1. The second kappa shape index (κ2) is 9.43. The molecule has 0 bridgehead atoms. The van der Waals surface area contributed by atoms with E-state index in [2.05, 4.69) is 32.6 Å². The molecule has 0 unspecified atom stereocenters. The number of carbonyl (C=O) groups is 1. The van der Waals surface area contributed by atoms with Crippen molar-refractivity contribution in [1.29, 1.82) is 0 Å². The van der Waals surface area contributed by atoms with Crippen molar-refractivity contribution in [2.75, 3.05) is 37.8 Å². The maximum absolute atomic E-state index is 12.4. The van der Waals surface area contributed by atoms with Crippen molar-refractivity contribution in [1.82, 2.24) is 9.62 Å². The van der Waals surface area contributed by atoms with Crippen molar-refractivity contribution in [2.24, 2.45) is 0 Å². The third-order valence-electron chi connectivity index (χ3n) is 4.25. The molecule has 1 heterocycles. The molecule has 2 rings (SSSR count). The second-order valence-corrected chi connectivity index (χ2v) is 9.61. The van der Waals surface area contributed by atoms with Gasteiger partial charge in [-0.1, -0.05) is 11.6 Å². The highest BCUT2D eigenvalue weighted by Gasteiger charge is 2.25. The molecule has 0 aromatic heterocycles. The Morgan fingerprint density at radius 1 is 1.38 bits per heavy atom. The lowest BCUT2D eigenvalue weighted by molar-refractivity contribution is -0.130. The SMILES string of the molecule is CCS(=O)(=O)NC1CCN(C(=O)CNc2cc(I)c(Cl)cc2OC)CC1. The van der Waals surface area contributed by atoms with Gasteiger partial charge in [0.15, 0.2) is 0 Å². The number of anilines is 1. The van der Waals surface area contributed by atoms with Crippen molar-refractivity contribution in [3.8, 4) is 5.75 Å². The Bertz CT molecular complexity index is 752. The van der Waals surface area contributed by atoms with Crippen LogP contribution < -0.4 is 14.8 Å². The summed E-state index contributed by atoms with van der Waals surface area (Å²) in [5, 5.41) is 3.69. The Balaban J connectivity index is 1.87. The molecule has 0 radical (unpaired) electrons. The number of nitrogens with one attached hydrogen (secondary N) is 2. The minimum Gasteiger partial charge on any atom is -0.495 e. The highest BCUT2D eigenvalue weighted by atomic mass is 127. The molecule has 1 aromatic carbocycles. The maximum Gasteiger partial charge on any atom is 0.241 e. The van der Waals surface area contributed by atoms with Crippen molar-refractivity contribution >= 4 is 55.8 Å². The van der Waals surface area contributed by atoms with Crippen LogP contribution in [-0.2, 0) is 14.8 Å². The zero-order valence-electron chi connectivity index (χ0n) is 14.7. The average Bonchev–Trinajstić information content (AvgIpc) is 2.62. The van der Waals surface area contributed by atoms with Gasteiger partial charge in [0.25, 0.3) is 0 Å². The summed E-state index contributed by atoms with van der Waals surface area (Å²) >= 11 is 8.20. The summed E-state index contributed by atoms with van der Waals surface area (Å²) in [6.45, 7) is 2.82. The summed E-state index contributed by atoms with van der Waals surface area (Å²) in [6, 6.07) is 3.44. The van der Waals surface area contributed by atoms with Crippen LogP contribution in [0.4, 0.5) is 5.69 Å². The van der Waals surface area contributed by atoms with Gasteiger partial charge >= 0.3 is 0 Å². The molecule has 1 fully saturated rings. The molecule has 1 aliphatic heterocycles. The first-order valence-corrected chi connectivity index (χ1v) is 11.4. The number of sulfonamides is 1. The number of carbonyl (C=O) groups excluding carboxylic acids is 1. The highest BCUT2D eigenvalue weighted by Crippen LogP contribution is 2.32. The van der Waals surface area contributed by atoms with Crippen LogP contribution in [0.1, 0.15) is 19.8 Å². The molecule has 7 nitrogen and oxygen atoms in total. The number of halogens is 2. The predicted molar refractivity (Wildman–Crippen MR) is 111 cm³/mol. The van der Waals surface area contributed by atoms with Gasteiger partial charge in [0, 0.05) is 28.8 Å². The number of hydrogen-bond acceptors (Lipinski definition) is 5. The molecule has 0 aliphatic carbocycles. The van der Waals surface area contributed by atoms with Crippen molar-refractivity contribution < 1.29 is 17.9 Å². The molecule has 0 atom stereocenters. The number of likely N-dealkylation sites (tertiary alicyclic amines) is 1. The molecule has 10 heteroatoms. The van der Waals surface area contributed by atoms with Gasteiger partial charge in [-0.25, -0.2) is 13.1 Å². The number of benzene rings is 1. The summed E-state index contributed by atoms with van der Waals surface area (Å²) in [5.41, 5.74) is 0.709. The summed E-state index contributed by atoms with van der Waals surface area (Å²) in [4.78, 5) is 14.2. The molecule has 1 saturated heterocycles. The van der Waals surface area contributed by atoms with Crippen molar-refractivity contribution in [3.05, 3.63) is 20.7 Å². The molecule has 26 heavy (non-hydrogen) atoms. The zero-order chi connectivity index (χ0) is 19.3. The summed E-state index contributed by atoms with van der Waals surface area (Å²) in [6.07, 6.45) is 1.24. The van der Waals surface area contributed by atoms with E-state index < -0.39 is 10.0 Å². The number of hydrogen-bond donors (Lipinski definition) is 2. The lowest BCUT2D eigenvalue weighted by Crippen LogP contribution is -2.48. The Morgan fingerprint density at radius 2 is 2.04 bits per heavy atom. The number of ether oxygens (including phenoxy) is 1. The van der Waals surface area contributed by atoms with Gasteiger partial charge in [0.2, 0.25) is 15.9 Å². The molecule has 1 aliphatic rings. The monoisotopic (exact) mass is 515 g/mol. The highest BCUT2D eigenvalue weighted by molar-refractivity contribution is 14.1. The van der Waals surface area contributed by atoms with Crippen LogP contribution in [0, 0.1) is 3.57 Å². The first kappa shape index (κ1) is 21.5. The lowest BCUT2D eigenvalue weighted by atomic mass is 10.1. The van der Waals surface area contributed by atoms with Crippen molar-refractivity contribution in [2.45, 2.75) is 25.8 Å². The molecular formula is C16H23ClIN3O4S. The first-order valence-electron chi connectivity index (χ1n) is 8.30. The normalized spacial score (nSPS) is 15.8. The Hall–Kier alpha value is -0.780. The van der Waals surface area contributed by atoms with Crippen LogP contribution in [0.25, 0.3) is 0 Å². The molecule has 1 amide bonds.